The van der Waals surface area contributed by atoms with Crippen molar-refractivity contribution >= 4 is 7.32 Å². The first-order valence-corrected chi connectivity index (χ1v) is 9.78. The molecule has 1 aromatic carbocycles. The van der Waals surface area contributed by atoms with Crippen molar-refractivity contribution in [2.75, 3.05) is 13.2 Å². The zero-order valence-corrected chi connectivity index (χ0v) is 18.7. The fourth-order valence-electron chi connectivity index (χ4n) is 2.69. The summed E-state index contributed by atoms with van der Waals surface area (Å²) in [6, 6.07) is 4.42. The van der Waals surface area contributed by atoms with Gasteiger partial charge in [-0.25, -0.2) is 0 Å². The van der Waals surface area contributed by atoms with E-state index in [9.17, 15) is 0 Å². The van der Waals surface area contributed by atoms with Crippen molar-refractivity contribution in [3.63, 3.8) is 0 Å². The summed E-state index contributed by atoms with van der Waals surface area (Å²) in [6.45, 7) is 20.2. The maximum Gasteiger partial charge on any atom is 0.713 e. The molecule has 0 radical (unpaired) electrons. The average molecular weight is 372 g/mol. The Morgan fingerprint density at radius 2 is 1.22 bits per heavy atom. The molecule has 0 aliphatic heterocycles. The number of allylic oxidation sites excluding steroid dienone is 2. The summed E-state index contributed by atoms with van der Waals surface area (Å²) in [4.78, 5) is 0. The van der Waals surface area contributed by atoms with Crippen LogP contribution in [0.3, 0.4) is 0 Å². The van der Waals surface area contributed by atoms with Gasteiger partial charge in [0.05, 0.1) is 13.2 Å². The first-order chi connectivity index (χ1) is 12.5. The van der Waals surface area contributed by atoms with Crippen molar-refractivity contribution in [3.05, 3.63) is 53.1 Å². The molecule has 0 fully saturated rings. The van der Waals surface area contributed by atoms with Gasteiger partial charge in [-0.3, -0.25) is 0 Å². The number of hydrogen-bond acceptors (Lipinski definition) is 3. The highest BCUT2D eigenvalue weighted by molar-refractivity contribution is 6.37. The third kappa shape index (κ3) is 7.55. The van der Waals surface area contributed by atoms with Gasteiger partial charge in [-0.1, -0.05) is 83.5 Å². The van der Waals surface area contributed by atoms with Crippen LogP contribution in [-0.2, 0) is 20.1 Å². The molecule has 0 atom stereocenters. The van der Waals surface area contributed by atoms with Crippen LogP contribution < -0.4 is 4.65 Å². The van der Waals surface area contributed by atoms with Crippen LogP contribution in [0.2, 0.25) is 0 Å². The van der Waals surface area contributed by atoms with E-state index in [-0.39, 0.29) is 10.8 Å². The molecule has 0 saturated carbocycles. The van der Waals surface area contributed by atoms with Crippen molar-refractivity contribution in [3.8, 4) is 5.75 Å². The van der Waals surface area contributed by atoms with E-state index in [0.717, 1.165) is 5.75 Å². The number of rotatable bonds is 8. The molecule has 4 heteroatoms. The third-order valence-corrected chi connectivity index (χ3v) is 4.19. The molecule has 0 aromatic heterocycles. The van der Waals surface area contributed by atoms with E-state index in [0.29, 0.717) is 13.2 Å². The van der Waals surface area contributed by atoms with Crippen LogP contribution in [0, 0.1) is 6.92 Å². The van der Waals surface area contributed by atoms with Crippen LogP contribution in [0.25, 0.3) is 0 Å². The van der Waals surface area contributed by atoms with E-state index < -0.39 is 7.32 Å². The minimum Gasteiger partial charge on any atom is -0.511 e. The summed E-state index contributed by atoms with van der Waals surface area (Å²) in [5.74, 6) is 0.867. The molecule has 150 valence electrons. The monoisotopic (exact) mass is 372 g/mol. The van der Waals surface area contributed by atoms with Gasteiger partial charge in [-0.05, 0) is 42.7 Å². The van der Waals surface area contributed by atoms with Crippen molar-refractivity contribution in [1.82, 2.24) is 0 Å². The first kappa shape index (κ1) is 23.5. The minimum atomic E-state index is -0.762. The Hall–Kier alpha value is -1.52. The molecule has 27 heavy (non-hydrogen) atoms. The van der Waals surface area contributed by atoms with E-state index in [4.69, 9.17) is 14.0 Å². The van der Waals surface area contributed by atoms with Gasteiger partial charge < -0.3 is 14.0 Å². The maximum absolute atomic E-state index is 6.37. The van der Waals surface area contributed by atoms with Gasteiger partial charge in [0.15, 0.2) is 0 Å². The maximum atomic E-state index is 6.37. The van der Waals surface area contributed by atoms with Gasteiger partial charge in [0, 0.05) is 0 Å². The van der Waals surface area contributed by atoms with Crippen molar-refractivity contribution in [2.24, 2.45) is 0 Å². The Morgan fingerprint density at radius 1 is 0.815 bits per heavy atom. The van der Waals surface area contributed by atoms with Crippen LogP contribution in [0.5, 0.6) is 5.75 Å². The molecule has 0 aliphatic rings. The van der Waals surface area contributed by atoms with E-state index in [1.165, 1.54) is 16.7 Å². The van der Waals surface area contributed by atoms with Gasteiger partial charge >= 0.3 is 7.32 Å². The topological polar surface area (TPSA) is 27.7 Å². The standard InChI is InChI=1S/C23H37BO3/c1-10-12-14-25-24(26-15-13-11-2)27-21-19(22(4,5)6)16-18(3)17-20(21)23(7,8)9/h10-13,16-17H,14-15H2,1-9H3/b12-10+,13-11+. The van der Waals surface area contributed by atoms with Crippen LogP contribution in [0.1, 0.15) is 72.1 Å². The van der Waals surface area contributed by atoms with Gasteiger partial charge in [0.25, 0.3) is 0 Å². The molecule has 0 aliphatic carbocycles. The summed E-state index contributed by atoms with van der Waals surface area (Å²) in [6.07, 6.45) is 7.80. The van der Waals surface area contributed by atoms with Crippen molar-refractivity contribution in [2.45, 2.75) is 73.1 Å². The lowest BCUT2D eigenvalue weighted by molar-refractivity contribution is 0.165. The number of hydrogen-bond donors (Lipinski definition) is 0. The normalized spacial score (nSPS) is 12.9. The summed E-state index contributed by atoms with van der Waals surface area (Å²) in [5, 5.41) is 0. The summed E-state index contributed by atoms with van der Waals surface area (Å²) < 4.78 is 18.0. The highest BCUT2D eigenvalue weighted by Crippen LogP contribution is 2.41. The molecule has 1 aromatic rings. The molecule has 0 N–H and O–H groups in total. The predicted molar refractivity (Wildman–Crippen MR) is 116 cm³/mol. The van der Waals surface area contributed by atoms with Crippen molar-refractivity contribution < 1.29 is 14.0 Å². The molecule has 3 nitrogen and oxygen atoms in total. The van der Waals surface area contributed by atoms with Crippen LogP contribution in [-0.4, -0.2) is 20.5 Å². The quantitative estimate of drug-likeness (QED) is 0.405. The second-order valence-corrected chi connectivity index (χ2v) is 8.90. The average Bonchev–Trinajstić information content (AvgIpc) is 2.54. The van der Waals surface area contributed by atoms with Gasteiger partial charge in [-0.15, -0.1) is 0 Å². The highest BCUT2D eigenvalue weighted by atomic mass is 16.7. The molecule has 0 spiro atoms. The second-order valence-electron chi connectivity index (χ2n) is 8.90. The number of benzene rings is 1. The molecule has 0 unspecified atom stereocenters. The van der Waals surface area contributed by atoms with Crippen molar-refractivity contribution in [1.29, 1.82) is 0 Å². The minimum absolute atomic E-state index is 0.0570. The molecule has 0 bridgehead atoms. The van der Waals surface area contributed by atoms with Crippen LogP contribution in [0.4, 0.5) is 0 Å². The fraction of sp³-hybridized carbons (Fsp3) is 0.565. The molecule has 0 saturated heterocycles. The Labute approximate surface area is 167 Å². The predicted octanol–water partition coefficient (Wildman–Crippen LogP) is 6.14. The lowest BCUT2D eigenvalue weighted by Crippen LogP contribution is -2.33. The van der Waals surface area contributed by atoms with Gasteiger partial charge in [-0.2, -0.15) is 0 Å². The van der Waals surface area contributed by atoms with E-state index >= 15 is 0 Å². The fourth-order valence-corrected chi connectivity index (χ4v) is 2.69. The third-order valence-electron chi connectivity index (χ3n) is 4.19. The lowest BCUT2D eigenvalue weighted by Gasteiger charge is -2.31. The van der Waals surface area contributed by atoms with E-state index in [2.05, 4.69) is 60.6 Å². The lowest BCUT2D eigenvalue weighted by atomic mass is 9.78. The van der Waals surface area contributed by atoms with Gasteiger partial charge in [0.1, 0.15) is 5.75 Å². The second kappa shape index (κ2) is 10.1. The Morgan fingerprint density at radius 3 is 1.56 bits per heavy atom. The first-order valence-electron chi connectivity index (χ1n) is 9.78. The molecular weight excluding hydrogens is 335 g/mol. The van der Waals surface area contributed by atoms with Gasteiger partial charge in [0.2, 0.25) is 0 Å². The van der Waals surface area contributed by atoms with E-state index in [1.807, 2.05) is 38.2 Å². The zero-order chi connectivity index (χ0) is 20.7. The van der Waals surface area contributed by atoms with Crippen LogP contribution in [0.15, 0.2) is 36.4 Å². The summed E-state index contributed by atoms with van der Waals surface area (Å²) in [5.41, 5.74) is 3.46. The molecule has 1 rings (SSSR count). The molecular formula is C23H37BO3. The zero-order valence-electron chi connectivity index (χ0n) is 18.7. The molecule has 0 amide bonds. The number of aryl methyl sites for hydroxylation is 1. The highest BCUT2D eigenvalue weighted by Gasteiger charge is 2.32. The SMILES string of the molecule is C/C=C/COB(OC/C=C/C)Oc1c(C(C)(C)C)cc(C)cc1C(C)(C)C. The molecule has 0 heterocycles. The smallest absolute Gasteiger partial charge is 0.511 e. The largest absolute Gasteiger partial charge is 0.713 e. The van der Waals surface area contributed by atoms with E-state index in [1.54, 1.807) is 0 Å². The summed E-state index contributed by atoms with van der Waals surface area (Å²) in [7, 11) is -0.762. The Balaban J connectivity index is 3.35. The summed E-state index contributed by atoms with van der Waals surface area (Å²) >= 11 is 0. The Kier molecular flexibility index (Phi) is 8.84. The van der Waals surface area contributed by atoms with Crippen LogP contribution >= 0.6 is 0 Å². The Bertz CT molecular complexity index is 598.